The minimum absolute atomic E-state index is 0.107. The van der Waals surface area contributed by atoms with E-state index in [1.54, 1.807) is 0 Å². The molecule has 0 saturated carbocycles. The first-order valence-corrected chi connectivity index (χ1v) is 8.02. The third-order valence-corrected chi connectivity index (χ3v) is 4.11. The normalized spacial score (nSPS) is 12.2. The van der Waals surface area contributed by atoms with Crippen LogP contribution < -0.4 is 4.74 Å². The van der Waals surface area contributed by atoms with Gasteiger partial charge in [0.15, 0.2) is 0 Å². The molecule has 0 aliphatic heterocycles. The summed E-state index contributed by atoms with van der Waals surface area (Å²) in [4.78, 5) is 0. The summed E-state index contributed by atoms with van der Waals surface area (Å²) in [7, 11) is 0. The average Bonchev–Trinajstić information content (AvgIpc) is 2.45. The molecule has 0 aliphatic carbocycles. The number of hydrogen-bond donors (Lipinski definition) is 1. The number of rotatable bonds is 6. The molecule has 0 aliphatic rings. The summed E-state index contributed by atoms with van der Waals surface area (Å²) in [5, 5.41) is 9.52. The zero-order valence-electron chi connectivity index (χ0n) is 10.9. The van der Waals surface area contributed by atoms with Crippen LogP contribution in [0.25, 0.3) is 0 Å². The molecule has 0 bridgehead atoms. The number of benzene rings is 2. The maximum absolute atomic E-state index is 9.52. The number of halogens is 2. The van der Waals surface area contributed by atoms with Crippen LogP contribution in [0.5, 0.6) is 5.75 Å². The monoisotopic (exact) mass is 398 g/mol. The van der Waals surface area contributed by atoms with E-state index in [9.17, 15) is 5.11 Å². The fourth-order valence-corrected chi connectivity index (χ4v) is 2.62. The number of ether oxygens (including phenoxy) is 1. The molecule has 0 heterocycles. The van der Waals surface area contributed by atoms with Gasteiger partial charge in [-0.05, 0) is 42.3 Å². The number of aliphatic hydroxyl groups excluding tert-OH is 1. The van der Waals surface area contributed by atoms with Gasteiger partial charge in [-0.1, -0.05) is 50.1 Å². The highest BCUT2D eigenvalue weighted by molar-refractivity contribution is 9.10. The molecule has 0 fully saturated rings. The summed E-state index contributed by atoms with van der Waals surface area (Å²) in [5.74, 6) is 0.946. The largest absolute Gasteiger partial charge is 0.494 e. The minimum atomic E-state index is 0.107. The van der Waals surface area contributed by atoms with E-state index in [4.69, 9.17) is 4.74 Å². The van der Waals surface area contributed by atoms with Crippen molar-refractivity contribution in [1.82, 2.24) is 0 Å². The Kier molecular flexibility index (Phi) is 6.07. The highest BCUT2D eigenvalue weighted by Gasteiger charge is 2.10. The molecule has 0 aromatic heterocycles. The Bertz CT molecular complexity index is 540. The van der Waals surface area contributed by atoms with Crippen molar-refractivity contribution in [2.45, 2.75) is 12.3 Å². The van der Waals surface area contributed by atoms with Crippen molar-refractivity contribution in [2.75, 3.05) is 13.2 Å². The lowest BCUT2D eigenvalue weighted by Crippen LogP contribution is -2.09. The molecule has 106 valence electrons. The van der Waals surface area contributed by atoms with Crippen LogP contribution in [-0.4, -0.2) is 18.3 Å². The molecule has 2 nitrogen and oxygen atoms in total. The van der Waals surface area contributed by atoms with Crippen LogP contribution in [0.4, 0.5) is 0 Å². The van der Waals surface area contributed by atoms with Gasteiger partial charge in [-0.3, -0.25) is 0 Å². The Labute approximate surface area is 136 Å². The lowest BCUT2D eigenvalue weighted by molar-refractivity contribution is 0.229. The fourth-order valence-electron chi connectivity index (χ4n) is 1.97. The Balaban J connectivity index is 1.89. The van der Waals surface area contributed by atoms with Gasteiger partial charge in [0, 0.05) is 14.9 Å². The van der Waals surface area contributed by atoms with Crippen molar-refractivity contribution in [3.8, 4) is 5.75 Å². The summed E-state index contributed by atoms with van der Waals surface area (Å²) in [6.45, 7) is 0.710. The third-order valence-electron chi connectivity index (χ3n) is 3.09. The fraction of sp³-hybridized carbons (Fsp3) is 0.250. The summed E-state index contributed by atoms with van der Waals surface area (Å²) in [5.41, 5.74) is 1.13. The second kappa shape index (κ2) is 7.81. The van der Waals surface area contributed by atoms with E-state index in [-0.39, 0.29) is 12.5 Å². The van der Waals surface area contributed by atoms with Crippen LogP contribution in [0, 0.1) is 0 Å². The van der Waals surface area contributed by atoms with Gasteiger partial charge in [-0.25, -0.2) is 0 Å². The van der Waals surface area contributed by atoms with Crippen molar-refractivity contribution in [3.05, 3.63) is 63.0 Å². The minimum Gasteiger partial charge on any atom is -0.494 e. The average molecular weight is 400 g/mol. The van der Waals surface area contributed by atoms with Crippen LogP contribution >= 0.6 is 31.9 Å². The van der Waals surface area contributed by atoms with Gasteiger partial charge in [0.2, 0.25) is 0 Å². The highest BCUT2D eigenvalue weighted by atomic mass is 79.9. The lowest BCUT2D eigenvalue weighted by Gasteiger charge is -2.15. The highest BCUT2D eigenvalue weighted by Crippen LogP contribution is 2.23. The molecule has 2 rings (SSSR count). The molecule has 1 unspecified atom stereocenters. The van der Waals surface area contributed by atoms with Gasteiger partial charge in [0.05, 0.1) is 13.2 Å². The van der Waals surface area contributed by atoms with E-state index in [2.05, 4.69) is 31.9 Å². The summed E-state index contributed by atoms with van der Waals surface area (Å²) in [6.07, 6.45) is 0.782. The SMILES string of the molecule is OCC(CCOc1cccc(Br)c1)c1ccc(Br)cc1. The van der Waals surface area contributed by atoms with Gasteiger partial charge in [0.1, 0.15) is 5.75 Å². The molecule has 1 N–H and O–H groups in total. The van der Waals surface area contributed by atoms with Crippen molar-refractivity contribution >= 4 is 31.9 Å². The maximum atomic E-state index is 9.52. The second-order valence-corrected chi connectivity index (χ2v) is 6.36. The van der Waals surface area contributed by atoms with E-state index in [0.29, 0.717) is 6.61 Å². The molecule has 4 heteroatoms. The van der Waals surface area contributed by atoms with E-state index in [1.165, 1.54) is 0 Å². The molecular formula is C16H16Br2O2. The van der Waals surface area contributed by atoms with Crippen molar-refractivity contribution in [2.24, 2.45) is 0 Å². The molecular weight excluding hydrogens is 384 g/mol. The Hall–Kier alpha value is -0.840. The summed E-state index contributed by atoms with van der Waals surface area (Å²) >= 11 is 6.83. The van der Waals surface area contributed by atoms with Crippen LogP contribution in [0.2, 0.25) is 0 Å². The molecule has 0 saturated heterocycles. The van der Waals surface area contributed by atoms with E-state index in [0.717, 1.165) is 26.7 Å². The standard InChI is InChI=1S/C16H16Br2O2/c17-14-6-4-12(5-7-14)13(11-19)8-9-20-16-3-1-2-15(18)10-16/h1-7,10,13,19H,8-9,11H2. The van der Waals surface area contributed by atoms with E-state index in [1.807, 2.05) is 48.5 Å². The zero-order valence-corrected chi connectivity index (χ0v) is 14.1. The van der Waals surface area contributed by atoms with Crippen LogP contribution in [-0.2, 0) is 0 Å². The van der Waals surface area contributed by atoms with Crippen molar-refractivity contribution in [3.63, 3.8) is 0 Å². The predicted octanol–water partition coefficient (Wildman–Crippen LogP) is 4.76. The predicted molar refractivity (Wildman–Crippen MR) is 88.2 cm³/mol. The van der Waals surface area contributed by atoms with E-state index >= 15 is 0 Å². The van der Waals surface area contributed by atoms with Gasteiger partial charge < -0.3 is 9.84 Å². The third kappa shape index (κ3) is 4.62. The molecule has 0 spiro atoms. The van der Waals surface area contributed by atoms with Crippen LogP contribution in [0.3, 0.4) is 0 Å². The quantitative estimate of drug-likeness (QED) is 0.758. The van der Waals surface area contributed by atoms with Crippen molar-refractivity contribution in [1.29, 1.82) is 0 Å². The first-order valence-electron chi connectivity index (χ1n) is 6.43. The second-order valence-electron chi connectivity index (χ2n) is 4.53. The molecule has 20 heavy (non-hydrogen) atoms. The van der Waals surface area contributed by atoms with Gasteiger partial charge in [-0.2, -0.15) is 0 Å². The van der Waals surface area contributed by atoms with Crippen LogP contribution in [0.15, 0.2) is 57.5 Å². The summed E-state index contributed by atoms with van der Waals surface area (Å²) < 4.78 is 7.76. The van der Waals surface area contributed by atoms with E-state index < -0.39 is 0 Å². The van der Waals surface area contributed by atoms with Gasteiger partial charge in [-0.15, -0.1) is 0 Å². The van der Waals surface area contributed by atoms with Crippen molar-refractivity contribution < 1.29 is 9.84 Å². The molecule has 0 amide bonds. The molecule has 1 atom stereocenters. The van der Waals surface area contributed by atoms with Gasteiger partial charge >= 0.3 is 0 Å². The Morgan fingerprint density at radius 2 is 1.75 bits per heavy atom. The summed E-state index contributed by atoms with van der Waals surface area (Å²) in [6, 6.07) is 15.8. The molecule has 2 aromatic rings. The number of aliphatic hydroxyl groups is 1. The Morgan fingerprint density at radius 1 is 1.00 bits per heavy atom. The topological polar surface area (TPSA) is 29.5 Å². The smallest absolute Gasteiger partial charge is 0.120 e. The van der Waals surface area contributed by atoms with Crippen LogP contribution in [0.1, 0.15) is 17.9 Å². The first-order chi connectivity index (χ1) is 9.69. The first kappa shape index (κ1) is 15.5. The molecule has 2 aromatic carbocycles. The Morgan fingerprint density at radius 3 is 2.40 bits per heavy atom. The van der Waals surface area contributed by atoms with Gasteiger partial charge in [0.25, 0.3) is 0 Å². The lowest BCUT2D eigenvalue weighted by atomic mass is 9.97. The maximum Gasteiger partial charge on any atom is 0.120 e. The molecule has 0 radical (unpaired) electrons. The number of hydrogen-bond acceptors (Lipinski definition) is 2. The zero-order chi connectivity index (χ0) is 14.4.